The van der Waals surface area contributed by atoms with Crippen LogP contribution in [0, 0.1) is 6.92 Å². The first-order chi connectivity index (χ1) is 17.9. The molecule has 0 radical (unpaired) electrons. The summed E-state index contributed by atoms with van der Waals surface area (Å²) in [6.45, 7) is 2.09. The molecule has 1 fully saturated rings. The number of benzene rings is 3. The summed E-state index contributed by atoms with van der Waals surface area (Å²) >= 11 is 9.70. The summed E-state index contributed by atoms with van der Waals surface area (Å²) in [7, 11) is 0. The van der Waals surface area contributed by atoms with Crippen LogP contribution in [0.15, 0.2) is 77.3 Å². The van der Waals surface area contributed by atoms with Crippen LogP contribution in [0.4, 0.5) is 0 Å². The second kappa shape index (κ2) is 13.1. The molecule has 7 heteroatoms. The Morgan fingerprint density at radius 3 is 2.46 bits per heavy atom. The highest BCUT2D eigenvalue weighted by molar-refractivity contribution is 9.10. The standard InChI is InChI=1S/C30H32BrClN2O3/c1-21-9-5-6-12-23(21)19-34(29(35)20-37-28-16-15-24(31)18-26(28)32)27(17-22-10-3-2-4-11-22)30(36)33-25-13-7-8-14-25/h2-6,9-12,15-16,18,25,27H,7-8,13-14,17,19-20H2,1H3,(H,33,36). The van der Waals surface area contributed by atoms with E-state index in [9.17, 15) is 9.59 Å². The van der Waals surface area contributed by atoms with E-state index in [0.717, 1.165) is 46.8 Å². The van der Waals surface area contributed by atoms with E-state index in [1.807, 2.05) is 67.6 Å². The Kier molecular flexibility index (Phi) is 9.64. The van der Waals surface area contributed by atoms with Crippen LogP contribution < -0.4 is 10.1 Å². The van der Waals surface area contributed by atoms with Gasteiger partial charge in [-0.3, -0.25) is 9.59 Å². The number of nitrogens with one attached hydrogen (secondary N) is 1. The molecule has 3 aromatic carbocycles. The molecule has 1 atom stereocenters. The number of ether oxygens (including phenoxy) is 1. The first kappa shape index (κ1) is 27.2. The fraction of sp³-hybridized carbons (Fsp3) is 0.333. The zero-order valence-corrected chi connectivity index (χ0v) is 23.3. The van der Waals surface area contributed by atoms with Crippen LogP contribution in [-0.2, 0) is 22.6 Å². The largest absolute Gasteiger partial charge is 0.482 e. The minimum atomic E-state index is -0.681. The first-order valence-corrected chi connectivity index (χ1v) is 13.8. The summed E-state index contributed by atoms with van der Waals surface area (Å²) < 4.78 is 6.66. The predicted octanol–water partition coefficient (Wildman–Crippen LogP) is 6.49. The lowest BCUT2D eigenvalue weighted by molar-refractivity contribution is -0.143. The Bertz CT molecular complexity index is 1210. The van der Waals surface area contributed by atoms with Gasteiger partial charge in [0.2, 0.25) is 5.91 Å². The van der Waals surface area contributed by atoms with Crippen LogP contribution in [0.25, 0.3) is 0 Å². The van der Waals surface area contributed by atoms with Crippen molar-refractivity contribution in [3.05, 3.63) is 99.0 Å². The summed E-state index contributed by atoms with van der Waals surface area (Å²) in [6, 6.07) is 22.5. The van der Waals surface area contributed by atoms with Gasteiger partial charge in [0.1, 0.15) is 11.8 Å². The van der Waals surface area contributed by atoms with Crippen LogP contribution in [0.2, 0.25) is 5.02 Å². The SMILES string of the molecule is Cc1ccccc1CN(C(=O)COc1ccc(Br)cc1Cl)C(Cc1ccccc1)C(=O)NC1CCCC1. The van der Waals surface area contributed by atoms with Gasteiger partial charge >= 0.3 is 0 Å². The minimum absolute atomic E-state index is 0.126. The van der Waals surface area contributed by atoms with Gasteiger partial charge in [0.15, 0.2) is 6.61 Å². The van der Waals surface area contributed by atoms with Crippen LogP contribution in [-0.4, -0.2) is 35.4 Å². The monoisotopic (exact) mass is 582 g/mol. The molecule has 1 aliphatic carbocycles. The molecule has 1 unspecified atom stereocenters. The smallest absolute Gasteiger partial charge is 0.261 e. The van der Waals surface area contributed by atoms with E-state index in [1.165, 1.54) is 0 Å². The van der Waals surface area contributed by atoms with Crippen LogP contribution >= 0.6 is 27.5 Å². The fourth-order valence-corrected chi connectivity index (χ4v) is 5.44. The van der Waals surface area contributed by atoms with Gasteiger partial charge in [-0.05, 0) is 54.7 Å². The number of amides is 2. The van der Waals surface area contributed by atoms with Crippen LogP contribution in [0.1, 0.15) is 42.4 Å². The second-order valence-electron chi connectivity index (χ2n) is 9.51. The molecule has 194 valence electrons. The van der Waals surface area contributed by atoms with Gasteiger partial charge in [-0.2, -0.15) is 0 Å². The van der Waals surface area contributed by atoms with Gasteiger partial charge in [-0.25, -0.2) is 0 Å². The molecule has 2 amide bonds. The molecule has 0 aromatic heterocycles. The van der Waals surface area contributed by atoms with Crippen molar-refractivity contribution in [2.45, 2.75) is 57.7 Å². The summed E-state index contributed by atoms with van der Waals surface area (Å²) in [6.07, 6.45) is 4.58. The highest BCUT2D eigenvalue weighted by Gasteiger charge is 2.32. The first-order valence-electron chi connectivity index (χ1n) is 12.7. The molecule has 4 rings (SSSR count). The molecule has 37 heavy (non-hydrogen) atoms. The number of hydrogen-bond donors (Lipinski definition) is 1. The molecule has 5 nitrogen and oxygen atoms in total. The molecule has 1 saturated carbocycles. The number of rotatable bonds is 10. The maximum absolute atomic E-state index is 13.8. The van der Waals surface area contributed by atoms with Crippen molar-refractivity contribution in [3.63, 3.8) is 0 Å². The van der Waals surface area contributed by atoms with Crippen molar-refractivity contribution in [1.29, 1.82) is 0 Å². The number of aryl methyl sites for hydroxylation is 1. The normalized spacial score (nSPS) is 14.2. The average molecular weight is 584 g/mol. The van der Waals surface area contributed by atoms with Crippen molar-refractivity contribution in [3.8, 4) is 5.75 Å². The van der Waals surface area contributed by atoms with E-state index in [1.54, 1.807) is 17.0 Å². The third-order valence-electron chi connectivity index (χ3n) is 6.82. The number of hydrogen-bond acceptors (Lipinski definition) is 3. The third kappa shape index (κ3) is 7.59. The summed E-state index contributed by atoms with van der Waals surface area (Å²) in [5.41, 5.74) is 3.05. The maximum Gasteiger partial charge on any atom is 0.261 e. The number of carbonyl (C=O) groups is 2. The lowest BCUT2D eigenvalue weighted by Crippen LogP contribution is -2.53. The fourth-order valence-electron chi connectivity index (χ4n) is 4.71. The molecule has 0 aliphatic heterocycles. The lowest BCUT2D eigenvalue weighted by atomic mass is 10.0. The third-order valence-corrected chi connectivity index (χ3v) is 7.61. The zero-order chi connectivity index (χ0) is 26.2. The Hall–Kier alpha value is -2.83. The number of nitrogens with zero attached hydrogens (tertiary/aromatic N) is 1. The van der Waals surface area contributed by atoms with Crippen LogP contribution in [0.5, 0.6) is 5.75 Å². The predicted molar refractivity (Wildman–Crippen MR) is 151 cm³/mol. The van der Waals surface area contributed by atoms with Crippen molar-refractivity contribution in [2.75, 3.05) is 6.61 Å². The molecule has 1 N–H and O–H groups in total. The van der Waals surface area contributed by atoms with Crippen LogP contribution in [0.3, 0.4) is 0 Å². The summed E-state index contributed by atoms with van der Waals surface area (Å²) in [5, 5.41) is 3.63. The van der Waals surface area contributed by atoms with Gasteiger partial charge in [0.05, 0.1) is 5.02 Å². The Morgan fingerprint density at radius 2 is 1.76 bits per heavy atom. The van der Waals surface area contributed by atoms with Gasteiger partial charge < -0.3 is 15.0 Å². The highest BCUT2D eigenvalue weighted by Crippen LogP contribution is 2.28. The van der Waals surface area contributed by atoms with Crippen molar-refractivity contribution in [2.24, 2.45) is 0 Å². The average Bonchev–Trinajstić information content (AvgIpc) is 3.40. The van der Waals surface area contributed by atoms with E-state index in [0.29, 0.717) is 23.7 Å². The second-order valence-corrected chi connectivity index (χ2v) is 10.8. The Morgan fingerprint density at radius 1 is 1.05 bits per heavy atom. The number of carbonyl (C=O) groups excluding carboxylic acids is 2. The molecular formula is C30H32BrClN2O3. The minimum Gasteiger partial charge on any atom is -0.482 e. The topological polar surface area (TPSA) is 58.6 Å². The maximum atomic E-state index is 13.8. The molecule has 0 saturated heterocycles. The zero-order valence-electron chi connectivity index (χ0n) is 21.0. The molecule has 3 aromatic rings. The molecule has 0 spiro atoms. The highest BCUT2D eigenvalue weighted by atomic mass is 79.9. The Labute approximate surface area is 232 Å². The van der Waals surface area contributed by atoms with E-state index in [2.05, 4.69) is 21.2 Å². The van der Waals surface area contributed by atoms with Crippen molar-refractivity contribution < 1.29 is 14.3 Å². The molecular weight excluding hydrogens is 552 g/mol. The van der Waals surface area contributed by atoms with Gasteiger partial charge in [0, 0.05) is 23.5 Å². The molecule has 1 aliphatic rings. The summed E-state index contributed by atoms with van der Waals surface area (Å²) in [5.74, 6) is 0.0215. The van der Waals surface area contributed by atoms with E-state index < -0.39 is 6.04 Å². The molecule has 0 bridgehead atoms. The van der Waals surface area contributed by atoms with Gasteiger partial charge in [0.25, 0.3) is 5.91 Å². The van der Waals surface area contributed by atoms with Gasteiger partial charge in [-0.1, -0.05) is 95.0 Å². The van der Waals surface area contributed by atoms with Crippen molar-refractivity contribution in [1.82, 2.24) is 10.2 Å². The van der Waals surface area contributed by atoms with E-state index >= 15 is 0 Å². The quantitative estimate of drug-likeness (QED) is 0.297. The Balaban J connectivity index is 1.63. The molecule has 0 heterocycles. The van der Waals surface area contributed by atoms with E-state index in [-0.39, 0.29) is 24.5 Å². The van der Waals surface area contributed by atoms with Gasteiger partial charge in [-0.15, -0.1) is 0 Å². The summed E-state index contributed by atoms with van der Waals surface area (Å²) in [4.78, 5) is 29.1. The lowest BCUT2D eigenvalue weighted by Gasteiger charge is -2.32. The van der Waals surface area contributed by atoms with E-state index in [4.69, 9.17) is 16.3 Å². The van der Waals surface area contributed by atoms with Crippen molar-refractivity contribution >= 4 is 39.3 Å². The number of halogens is 2.